The van der Waals surface area contributed by atoms with E-state index in [0.29, 0.717) is 13.1 Å². The number of carbonyl (C=O) groups is 2. The van der Waals surface area contributed by atoms with E-state index in [1.165, 1.54) is 17.3 Å². The molecule has 0 aliphatic carbocycles. The molecule has 1 unspecified atom stereocenters. The van der Waals surface area contributed by atoms with Crippen LogP contribution in [-0.4, -0.2) is 46.1 Å². The molecule has 1 atom stereocenters. The van der Waals surface area contributed by atoms with Crippen LogP contribution >= 0.6 is 0 Å². The predicted molar refractivity (Wildman–Crippen MR) is 63.1 cm³/mol. The van der Waals surface area contributed by atoms with Crippen LogP contribution in [-0.2, 0) is 9.59 Å². The van der Waals surface area contributed by atoms with Crippen molar-refractivity contribution in [1.82, 2.24) is 15.3 Å². The smallest absolute Gasteiger partial charge is 0.305 e. The zero-order valence-electron chi connectivity index (χ0n) is 9.91. The van der Waals surface area contributed by atoms with Crippen molar-refractivity contribution in [2.75, 3.05) is 18.0 Å². The van der Waals surface area contributed by atoms with Crippen molar-refractivity contribution < 1.29 is 14.7 Å². The normalized spacial score (nSPS) is 18.6. The highest BCUT2D eigenvalue weighted by Gasteiger charge is 2.33. The summed E-state index contributed by atoms with van der Waals surface area (Å²) in [5.41, 5.74) is 0.0765. The van der Waals surface area contributed by atoms with E-state index in [9.17, 15) is 9.59 Å². The third-order valence-electron chi connectivity index (χ3n) is 2.76. The highest BCUT2D eigenvalue weighted by atomic mass is 16.4. The lowest BCUT2D eigenvalue weighted by Crippen LogP contribution is -2.56. The SMILES string of the molecule is N#Cc1nccnc1N1CCNC(=O)C1CC(=O)O. The maximum atomic E-state index is 11.8. The van der Waals surface area contributed by atoms with Gasteiger partial charge in [-0.2, -0.15) is 5.26 Å². The van der Waals surface area contributed by atoms with E-state index in [1.54, 1.807) is 0 Å². The van der Waals surface area contributed by atoms with Crippen molar-refractivity contribution in [2.45, 2.75) is 12.5 Å². The first kappa shape index (κ1) is 12.8. The van der Waals surface area contributed by atoms with Gasteiger partial charge in [-0.1, -0.05) is 0 Å². The summed E-state index contributed by atoms with van der Waals surface area (Å²) in [5, 5.41) is 20.5. The standard InChI is InChI=1S/C11H11N5O3/c12-6-7-10(14-2-1-13-7)16-4-3-15-11(19)8(16)5-9(17)18/h1-2,8H,3-5H2,(H,15,19)(H,17,18). The quantitative estimate of drug-likeness (QED) is 0.725. The molecule has 1 amide bonds. The van der Waals surface area contributed by atoms with Crippen molar-refractivity contribution in [3.63, 3.8) is 0 Å². The summed E-state index contributed by atoms with van der Waals surface area (Å²) in [6.45, 7) is 0.757. The van der Waals surface area contributed by atoms with Gasteiger partial charge in [-0.3, -0.25) is 9.59 Å². The van der Waals surface area contributed by atoms with Crippen molar-refractivity contribution >= 4 is 17.7 Å². The Kier molecular flexibility index (Phi) is 3.56. The predicted octanol–water partition coefficient (Wildman–Crippen LogP) is -0.872. The molecule has 0 bridgehead atoms. The third-order valence-corrected chi connectivity index (χ3v) is 2.76. The van der Waals surface area contributed by atoms with Crippen molar-refractivity contribution in [2.24, 2.45) is 0 Å². The Morgan fingerprint density at radius 2 is 2.32 bits per heavy atom. The lowest BCUT2D eigenvalue weighted by Gasteiger charge is -2.35. The van der Waals surface area contributed by atoms with Crippen molar-refractivity contribution in [3.8, 4) is 6.07 Å². The van der Waals surface area contributed by atoms with Crippen molar-refractivity contribution in [1.29, 1.82) is 5.26 Å². The van der Waals surface area contributed by atoms with E-state index in [1.807, 2.05) is 6.07 Å². The largest absolute Gasteiger partial charge is 0.481 e. The molecule has 2 N–H and O–H groups in total. The first-order chi connectivity index (χ1) is 9.13. The Balaban J connectivity index is 2.37. The maximum absolute atomic E-state index is 11.8. The summed E-state index contributed by atoms with van der Waals surface area (Å²) in [4.78, 5) is 32.0. The number of aromatic nitrogens is 2. The topological polar surface area (TPSA) is 119 Å². The molecule has 8 nitrogen and oxygen atoms in total. The molecular weight excluding hydrogens is 250 g/mol. The molecule has 1 aromatic heterocycles. The number of carboxylic acid groups (broad SMARTS) is 1. The zero-order valence-corrected chi connectivity index (χ0v) is 9.91. The van der Waals surface area contributed by atoms with Crippen LogP contribution in [0.1, 0.15) is 12.1 Å². The average molecular weight is 261 g/mol. The van der Waals surface area contributed by atoms with E-state index in [4.69, 9.17) is 10.4 Å². The van der Waals surface area contributed by atoms with Crippen LogP contribution in [0.25, 0.3) is 0 Å². The number of hydrogen-bond acceptors (Lipinski definition) is 6. The van der Waals surface area contributed by atoms with Gasteiger partial charge in [-0.25, -0.2) is 9.97 Å². The van der Waals surface area contributed by atoms with Crippen LogP contribution < -0.4 is 10.2 Å². The third kappa shape index (κ3) is 2.60. The number of piperazine rings is 1. The monoisotopic (exact) mass is 261 g/mol. The molecule has 0 aromatic carbocycles. The number of nitriles is 1. The lowest BCUT2D eigenvalue weighted by atomic mass is 10.1. The summed E-state index contributed by atoms with van der Waals surface area (Å²) in [7, 11) is 0. The number of amides is 1. The lowest BCUT2D eigenvalue weighted by molar-refractivity contribution is -0.139. The van der Waals surface area contributed by atoms with Crippen LogP contribution in [0.4, 0.5) is 5.82 Å². The van der Waals surface area contributed by atoms with Crippen LogP contribution in [0, 0.1) is 11.3 Å². The number of hydrogen-bond donors (Lipinski definition) is 2. The second-order valence-corrected chi connectivity index (χ2v) is 3.94. The van der Waals surface area contributed by atoms with Gasteiger partial charge in [0, 0.05) is 25.5 Å². The van der Waals surface area contributed by atoms with Crippen LogP contribution in [0.3, 0.4) is 0 Å². The number of rotatable bonds is 3. The first-order valence-electron chi connectivity index (χ1n) is 5.60. The van der Waals surface area contributed by atoms with Crippen LogP contribution in [0.5, 0.6) is 0 Å². The van der Waals surface area contributed by atoms with E-state index in [-0.39, 0.29) is 23.8 Å². The van der Waals surface area contributed by atoms with Crippen LogP contribution in [0.15, 0.2) is 12.4 Å². The molecule has 1 fully saturated rings. The number of anilines is 1. The molecule has 19 heavy (non-hydrogen) atoms. The fourth-order valence-corrected chi connectivity index (χ4v) is 1.96. The summed E-state index contributed by atoms with van der Waals surface area (Å²) >= 11 is 0. The number of carboxylic acids is 1. The Labute approximate surface area is 108 Å². The zero-order chi connectivity index (χ0) is 13.8. The molecule has 98 valence electrons. The Morgan fingerprint density at radius 1 is 1.58 bits per heavy atom. The molecule has 2 rings (SSSR count). The Bertz CT molecular complexity index is 554. The molecule has 1 aromatic rings. The fourth-order valence-electron chi connectivity index (χ4n) is 1.96. The Morgan fingerprint density at radius 3 is 3.00 bits per heavy atom. The number of aliphatic carboxylic acids is 1. The minimum absolute atomic E-state index is 0.0765. The molecule has 0 saturated carbocycles. The highest BCUT2D eigenvalue weighted by Crippen LogP contribution is 2.20. The second-order valence-electron chi connectivity index (χ2n) is 3.94. The molecule has 8 heteroatoms. The minimum atomic E-state index is -1.09. The fraction of sp³-hybridized carbons (Fsp3) is 0.364. The van der Waals surface area contributed by atoms with Gasteiger partial charge in [0.05, 0.1) is 6.42 Å². The van der Waals surface area contributed by atoms with E-state index in [0.717, 1.165) is 0 Å². The molecule has 2 heterocycles. The summed E-state index contributed by atoms with van der Waals surface area (Å²) in [5.74, 6) is -1.23. The van der Waals surface area contributed by atoms with E-state index >= 15 is 0 Å². The highest BCUT2D eigenvalue weighted by molar-refractivity contribution is 5.90. The number of nitrogens with zero attached hydrogens (tertiary/aromatic N) is 4. The van der Waals surface area contributed by atoms with E-state index in [2.05, 4.69) is 15.3 Å². The van der Waals surface area contributed by atoms with Gasteiger partial charge < -0.3 is 15.3 Å². The second kappa shape index (κ2) is 5.30. The maximum Gasteiger partial charge on any atom is 0.305 e. The Hall–Kier alpha value is -2.69. The van der Waals surface area contributed by atoms with Gasteiger partial charge >= 0.3 is 5.97 Å². The van der Waals surface area contributed by atoms with Gasteiger partial charge in [0.1, 0.15) is 12.1 Å². The van der Waals surface area contributed by atoms with Gasteiger partial charge in [-0.15, -0.1) is 0 Å². The molecule has 0 radical (unpaired) electrons. The van der Waals surface area contributed by atoms with Gasteiger partial charge in [0.25, 0.3) is 0 Å². The van der Waals surface area contributed by atoms with Gasteiger partial charge in [0.2, 0.25) is 5.91 Å². The molecule has 0 spiro atoms. The summed E-state index contributed by atoms with van der Waals surface area (Å²) in [6.07, 6.45) is 2.42. The number of carbonyl (C=O) groups excluding carboxylic acids is 1. The minimum Gasteiger partial charge on any atom is -0.481 e. The average Bonchev–Trinajstić information content (AvgIpc) is 2.40. The van der Waals surface area contributed by atoms with E-state index < -0.39 is 12.0 Å². The molecule has 1 aliphatic heterocycles. The first-order valence-corrected chi connectivity index (χ1v) is 5.60. The number of nitrogens with one attached hydrogen (secondary N) is 1. The summed E-state index contributed by atoms with van der Waals surface area (Å²) in [6, 6.07) is 1.01. The summed E-state index contributed by atoms with van der Waals surface area (Å²) < 4.78 is 0. The molecule has 1 saturated heterocycles. The van der Waals surface area contributed by atoms with Crippen LogP contribution in [0.2, 0.25) is 0 Å². The van der Waals surface area contributed by atoms with Crippen molar-refractivity contribution in [3.05, 3.63) is 18.1 Å². The molecular formula is C11H11N5O3. The van der Waals surface area contributed by atoms with Gasteiger partial charge in [-0.05, 0) is 0 Å². The van der Waals surface area contributed by atoms with Gasteiger partial charge in [0.15, 0.2) is 11.5 Å². The molecule has 1 aliphatic rings.